The van der Waals surface area contributed by atoms with Gasteiger partial charge in [-0.05, 0) is 98.2 Å². The van der Waals surface area contributed by atoms with E-state index in [0.717, 1.165) is 44.9 Å². The molecule has 0 saturated heterocycles. The molecule has 32 heavy (non-hydrogen) atoms. The van der Waals surface area contributed by atoms with Crippen LogP contribution in [0.2, 0.25) is 0 Å². The van der Waals surface area contributed by atoms with Crippen molar-refractivity contribution >= 4 is 5.78 Å². The van der Waals surface area contributed by atoms with Gasteiger partial charge in [-0.15, -0.1) is 0 Å². The Morgan fingerprint density at radius 1 is 0.938 bits per heavy atom. The predicted octanol–water partition coefficient (Wildman–Crippen LogP) is 7.51. The molecule has 2 heteroatoms. The monoisotopic (exact) mass is 440 g/mol. The molecule has 1 N–H and O–H groups in total. The number of ketones is 1. The molecule has 0 aromatic carbocycles. The van der Waals surface area contributed by atoms with Crippen LogP contribution in [0.1, 0.15) is 106 Å². The van der Waals surface area contributed by atoms with Gasteiger partial charge < -0.3 is 5.11 Å². The first-order chi connectivity index (χ1) is 14.8. The molecule has 4 aliphatic rings. The molecule has 3 fully saturated rings. The Bertz CT molecular complexity index is 817. The molecule has 0 bridgehead atoms. The lowest BCUT2D eigenvalue weighted by molar-refractivity contribution is -0.145. The zero-order valence-corrected chi connectivity index (χ0v) is 21.9. The van der Waals surface area contributed by atoms with Crippen LogP contribution < -0.4 is 0 Å². The number of aliphatic hydroxyl groups excluding tert-OH is 1. The van der Waals surface area contributed by atoms with Gasteiger partial charge in [0.1, 0.15) is 5.78 Å². The number of hydrogen-bond acceptors (Lipinski definition) is 2. The summed E-state index contributed by atoms with van der Waals surface area (Å²) in [6, 6.07) is 0. The number of hydrogen-bond donors (Lipinski definition) is 1. The highest BCUT2D eigenvalue weighted by molar-refractivity contribution is 5.85. The van der Waals surface area contributed by atoms with Gasteiger partial charge in [0.05, 0.1) is 6.10 Å². The number of carbonyl (C=O) groups excluding carboxylic acids is 1. The maximum Gasteiger partial charge on any atom is 0.138 e. The van der Waals surface area contributed by atoms with E-state index >= 15 is 0 Å². The molecule has 0 heterocycles. The lowest BCUT2D eigenvalue weighted by Crippen LogP contribution is -2.55. The van der Waals surface area contributed by atoms with E-state index < -0.39 is 0 Å². The number of rotatable bonds is 3. The number of Topliss-reactive ketones (excluding diaryl/α,β-unsaturated/α-hetero) is 1. The Balaban J connectivity index is 1.59. The fourth-order valence-electron chi connectivity index (χ4n) is 9.43. The molecule has 0 aromatic heterocycles. The summed E-state index contributed by atoms with van der Waals surface area (Å²) < 4.78 is 0. The summed E-state index contributed by atoms with van der Waals surface area (Å²) in [5.41, 5.74) is 3.24. The molecule has 7 atom stereocenters. The Labute approximate surface area is 197 Å². The van der Waals surface area contributed by atoms with Gasteiger partial charge >= 0.3 is 0 Å². The van der Waals surface area contributed by atoms with E-state index in [4.69, 9.17) is 0 Å². The maximum atomic E-state index is 12.8. The molecule has 4 rings (SSSR count). The van der Waals surface area contributed by atoms with Crippen LogP contribution in [0, 0.1) is 45.3 Å². The molecule has 0 amide bonds. The van der Waals surface area contributed by atoms with Gasteiger partial charge in [-0.25, -0.2) is 0 Å². The molecule has 0 spiro atoms. The van der Waals surface area contributed by atoms with Crippen molar-refractivity contribution in [2.75, 3.05) is 0 Å². The van der Waals surface area contributed by atoms with Crippen LogP contribution in [0.15, 0.2) is 23.8 Å². The zero-order chi connectivity index (χ0) is 23.7. The average molecular weight is 441 g/mol. The summed E-state index contributed by atoms with van der Waals surface area (Å²) in [6.07, 6.45) is 11.8. The predicted molar refractivity (Wildman–Crippen MR) is 133 cm³/mol. The standard InChI is InChI=1S/C30H48O2/c1-19-9-13-23-27(3,4)25(31)15-17-29(23,7)21(19)11-12-22-20(2)10-14-24-28(5,6)26(32)16-18-30(22,24)8/h10,21-24,26,32H,1,9,11-18H2,2-8H3/t21-,22-,23-,24-,26-,29-,30-/m0/s1. The summed E-state index contributed by atoms with van der Waals surface area (Å²) >= 11 is 0. The number of fused-ring (bicyclic) bond motifs is 2. The van der Waals surface area contributed by atoms with E-state index in [1.54, 1.807) is 5.57 Å². The van der Waals surface area contributed by atoms with Crippen molar-refractivity contribution in [2.45, 2.75) is 112 Å². The minimum absolute atomic E-state index is 0.0261. The number of aliphatic hydroxyl groups is 1. The first kappa shape index (κ1) is 24.2. The summed E-state index contributed by atoms with van der Waals surface area (Å²) in [5.74, 6) is 2.59. The van der Waals surface area contributed by atoms with E-state index in [0.29, 0.717) is 29.5 Å². The normalized spacial score (nSPS) is 45.6. The van der Waals surface area contributed by atoms with E-state index in [1.807, 2.05) is 0 Å². The molecule has 0 radical (unpaired) electrons. The van der Waals surface area contributed by atoms with Crippen molar-refractivity contribution in [1.29, 1.82) is 0 Å². The quantitative estimate of drug-likeness (QED) is 0.461. The smallest absolute Gasteiger partial charge is 0.138 e. The van der Waals surface area contributed by atoms with Gasteiger partial charge in [-0.2, -0.15) is 0 Å². The highest BCUT2D eigenvalue weighted by Gasteiger charge is 2.57. The van der Waals surface area contributed by atoms with Crippen molar-refractivity contribution in [1.82, 2.24) is 0 Å². The van der Waals surface area contributed by atoms with E-state index in [1.165, 1.54) is 18.4 Å². The van der Waals surface area contributed by atoms with Crippen LogP contribution in [-0.4, -0.2) is 17.0 Å². The third-order valence-electron chi connectivity index (χ3n) is 11.6. The van der Waals surface area contributed by atoms with Crippen molar-refractivity contribution in [2.24, 2.45) is 45.3 Å². The second kappa shape index (κ2) is 7.82. The summed E-state index contributed by atoms with van der Waals surface area (Å²) in [4.78, 5) is 12.8. The Morgan fingerprint density at radius 3 is 2.25 bits per heavy atom. The minimum atomic E-state index is -0.201. The Hall–Kier alpha value is -0.890. The lowest BCUT2D eigenvalue weighted by Gasteiger charge is -2.59. The minimum Gasteiger partial charge on any atom is -0.393 e. The molecule has 0 unspecified atom stereocenters. The van der Waals surface area contributed by atoms with Gasteiger partial charge in [-0.1, -0.05) is 65.3 Å². The molecule has 0 aliphatic heterocycles. The van der Waals surface area contributed by atoms with E-state index in [9.17, 15) is 9.90 Å². The van der Waals surface area contributed by atoms with Crippen LogP contribution in [-0.2, 0) is 4.79 Å². The topological polar surface area (TPSA) is 37.3 Å². The van der Waals surface area contributed by atoms with Crippen LogP contribution in [0.3, 0.4) is 0 Å². The molecule has 4 aliphatic carbocycles. The van der Waals surface area contributed by atoms with Crippen molar-refractivity contribution < 1.29 is 9.90 Å². The first-order valence-electron chi connectivity index (χ1n) is 13.3. The maximum absolute atomic E-state index is 12.8. The fraction of sp³-hybridized carbons (Fsp3) is 0.833. The summed E-state index contributed by atoms with van der Waals surface area (Å²) in [7, 11) is 0. The van der Waals surface area contributed by atoms with Gasteiger partial charge in [0.15, 0.2) is 0 Å². The highest BCUT2D eigenvalue weighted by Crippen LogP contribution is 2.63. The second-order valence-corrected chi connectivity index (χ2v) is 13.7. The summed E-state index contributed by atoms with van der Waals surface area (Å²) in [6.45, 7) is 20.9. The third kappa shape index (κ3) is 3.41. The number of allylic oxidation sites excluding steroid dienone is 3. The van der Waals surface area contributed by atoms with E-state index in [-0.39, 0.29) is 27.8 Å². The molecule has 3 saturated carbocycles. The lowest BCUT2D eigenvalue weighted by atomic mass is 9.45. The molecular formula is C30H48O2. The highest BCUT2D eigenvalue weighted by atomic mass is 16.3. The van der Waals surface area contributed by atoms with Gasteiger partial charge in [0, 0.05) is 11.8 Å². The molecular weight excluding hydrogens is 392 g/mol. The van der Waals surface area contributed by atoms with Crippen molar-refractivity contribution in [3.8, 4) is 0 Å². The van der Waals surface area contributed by atoms with Crippen LogP contribution in [0.5, 0.6) is 0 Å². The largest absolute Gasteiger partial charge is 0.393 e. The second-order valence-electron chi connectivity index (χ2n) is 13.7. The molecule has 0 aromatic rings. The summed E-state index contributed by atoms with van der Waals surface area (Å²) in [5, 5.41) is 10.8. The average Bonchev–Trinajstić information content (AvgIpc) is 2.69. The SMILES string of the molecule is C=C1CC[C@H]2C(C)(C)C(=O)CC[C@@]2(C)[C@H]1CC[C@H]1C(C)=CC[C@H]2C(C)(C)[C@@H](O)CC[C@@]12C. The van der Waals surface area contributed by atoms with Crippen molar-refractivity contribution in [3.05, 3.63) is 23.8 Å². The molecule has 180 valence electrons. The Kier molecular flexibility index (Phi) is 5.93. The first-order valence-corrected chi connectivity index (χ1v) is 13.3. The Morgan fingerprint density at radius 2 is 1.56 bits per heavy atom. The third-order valence-corrected chi connectivity index (χ3v) is 11.6. The van der Waals surface area contributed by atoms with Crippen LogP contribution in [0.25, 0.3) is 0 Å². The zero-order valence-electron chi connectivity index (χ0n) is 21.9. The van der Waals surface area contributed by atoms with Crippen LogP contribution in [0.4, 0.5) is 0 Å². The molecule has 2 nitrogen and oxygen atoms in total. The van der Waals surface area contributed by atoms with Gasteiger partial charge in [0.2, 0.25) is 0 Å². The van der Waals surface area contributed by atoms with Gasteiger partial charge in [0.25, 0.3) is 0 Å². The van der Waals surface area contributed by atoms with Crippen molar-refractivity contribution in [3.63, 3.8) is 0 Å². The van der Waals surface area contributed by atoms with E-state index in [2.05, 4.69) is 61.1 Å². The fourth-order valence-corrected chi connectivity index (χ4v) is 9.43. The van der Waals surface area contributed by atoms with Crippen LogP contribution >= 0.6 is 0 Å². The number of carbonyl (C=O) groups is 1. The van der Waals surface area contributed by atoms with Gasteiger partial charge in [-0.3, -0.25) is 4.79 Å².